The maximum atomic E-state index is 12.7. The standard InChI is InChI=1S/C14H14FNO3/c1-2-9-16(10-14(18)19)13(17)8-5-11-3-6-12(15)7-4-11/h2-8H,1,9-10H2,(H,18,19). The van der Waals surface area contributed by atoms with Gasteiger partial charge in [-0.1, -0.05) is 18.2 Å². The summed E-state index contributed by atoms with van der Waals surface area (Å²) in [6, 6.07) is 5.61. The molecular weight excluding hydrogens is 249 g/mol. The van der Waals surface area contributed by atoms with Crippen LogP contribution >= 0.6 is 0 Å². The van der Waals surface area contributed by atoms with Crippen LogP contribution in [0, 0.1) is 5.82 Å². The van der Waals surface area contributed by atoms with Gasteiger partial charge in [0.15, 0.2) is 0 Å². The number of carbonyl (C=O) groups is 2. The summed E-state index contributed by atoms with van der Waals surface area (Å²) < 4.78 is 12.7. The van der Waals surface area contributed by atoms with Crippen LogP contribution in [0.1, 0.15) is 5.56 Å². The molecule has 19 heavy (non-hydrogen) atoms. The average molecular weight is 263 g/mol. The molecule has 0 atom stereocenters. The van der Waals surface area contributed by atoms with Crippen LogP contribution in [0.25, 0.3) is 6.08 Å². The van der Waals surface area contributed by atoms with Crippen LogP contribution in [0.3, 0.4) is 0 Å². The third-order valence-corrected chi connectivity index (χ3v) is 2.28. The number of hydrogen-bond donors (Lipinski definition) is 1. The number of halogens is 1. The van der Waals surface area contributed by atoms with E-state index in [4.69, 9.17) is 5.11 Å². The summed E-state index contributed by atoms with van der Waals surface area (Å²) in [5, 5.41) is 8.68. The van der Waals surface area contributed by atoms with E-state index in [1.807, 2.05) is 0 Å². The first-order valence-corrected chi connectivity index (χ1v) is 5.58. The molecule has 0 unspecified atom stereocenters. The van der Waals surface area contributed by atoms with E-state index in [9.17, 15) is 14.0 Å². The third-order valence-electron chi connectivity index (χ3n) is 2.28. The molecule has 0 aromatic heterocycles. The maximum absolute atomic E-state index is 12.7. The predicted octanol–water partition coefficient (Wildman–Crippen LogP) is 1.94. The minimum absolute atomic E-state index is 0.152. The topological polar surface area (TPSA) is 57.6 Å². The van der Waals surface area contributed by atoms with Crippen LogP contribution in [0.5, 0.6) is 0 Å². The van der Waals surface area contributed by atoms with E-state index in [0.717, 1.165) is 4.90 Å². The van der Waals surface area contributed by atoms with Crippen molar-refractivity contribution in [1.82, 2.24) is 4.90 Å². The number of carbonyl (C=O) groups excluding carboxylic acids is 1. The first-order chi connectivity index (χ1) is 9.02. The van der Waals surface area contributed by atoms with Crippen molar-refractivity contribution in [3.05, 3.63) is 54.4 Å². The van der Waals surface area contributed by atoms with Crippen molar-refractivity contribution in [2.75, 3.05) is 13.1 Å². The Morgan fingerprint density at radius 1 is 1.32 bits per heavy atom. The molecule has 0 saturated carbocycles. The number of amides is 1. The lowest BCUT2D eigenvalue weighted by molar-refractivity contribution is -0.142. The van der Waals surface area contributed by atoms with E-state index in [-0.39, 0.29) is 12.4 Å². The Hall–Kier alpha value is -2.43. The fraction of sp³-hybridized carbons (Fsp3) is 0.143. The molecule has 100 valence electrons. The molecule has 1 amide bonds. The number of rotatable bonds is 6. The predicted molar refractivity (Wildman–Crippen MR) is 69.8 cm³/mol. The van der Waals surface area contributed by atoms with Gasteiger partial charge in [-0.2, -0.15) is 0 Å². The van der Waals surface area contributed by atoms with Gasteiger partial charge in [-0.15, -0.1) is 6.58 Å². The highest BCUT2D eigenvalue weighted by molar-refractivity contribution is 5.93. The van der Waals surface area contributed by atoms with Crippen molar-refractivity contribution < 1.29 is 19.1 Å². The van der Waals surface area contributed by atoms with E-state index in [2.05, 4.69) is 6.58 Å². The quantitative estimate of drug-likeness (QED) is 0.630. The molecule has 4 nitrogen and oxygen atoms in total. The Labute approximate surface area is 110 Å². The minimum Gasteiger partial charge on any atom is -0.480 e. The van der Waals surface area contributed by atoms with Gasteiger partial charge in [-0.3, -0.25) is 9.59 Å². The molecule has 0 saturated heterocycles. The van der Waals surface area contributed by atoms with Crippen molar-refractivity contribution in [1.29, 1.82) is 0 Å². The van der Waals surface area contributed by atoms with Gasteiger partial charge in [0, 0.05) is 12.6 Å². The van der Waals surface area contributed by atoms with Crippen molar-refractivity contribution in [2.45, 2.75) is 0 Å². The lowest BCUT2D eigenvalue weighted by Gasteiger charge is -2.16. The second kappa shape index (κ2) is 7.10. The van der Waals surface area contributed by atoms with Gasteiger partial charge in [0.05, 0.1) is 0 Å². The van der Waals surface area contributed by atoms with Crippen LogP contribution in [-0.2, 0) is 9.59 Å². The summed E-state index contributed by atoms with van der Waals surface area (Å²) in [5.41, 5.74) is 0.656. The Morgan fingerprint density at radius 2 is 1.95 bits per heavy atom. The van der Waals surface area contributed by atoms with Crippen molar-refractivity contribution in [3.63, 3.8) is 0 Å². The molecule has 1 aromatic rings. The van der Waals surface area contributed by atoms with Gasteiger partial charge in [0.2, 0.25) is 5.91 Å². The fourth-order valence-electron chi connectivity index (χ4n) is 1.40. The molecule has 1 N–H and O–H groups in total. The number of carboxylic acids is 1. The summed E-state index contributed by atoms with van der Waals surface area (Å²) >= 11 is 0. The minimum atomic E-state index is -1.09. The SMILES string of the molecule is C=CCN(CC(=O)O)C(=O)C=Cc1ccc(F)cc1. The van der Waals surface area contributed by atoms with Gasteiger partial charge in [-0.25, -0.2) is 4.39 Å². The number of carboxylic acid groups (broad SMARTS) is 1. The highest BCUT2D eigenvalue weighted by Gasteiger charge is 2.12. The lowest BCUT2D eigenvalue weighted by Crippen LogP contribution is -2.34. The van der Waals surface area contributed by atoms with E-state index >= 15 is 0 Å². The van der Waals surface area contributed by atoms with Crippen LogP contribution < -0.4 is 0 Å². The summed E-state index contributed by atoms with van der Waals surface area (Å²) in [4.78, 5) is 23.5. The van der Waals surface area contributed by atoms with Gasteiger partial charge in [0.1, 0.15) is 12.4 Å². The zero-order valence-corrected chi connectivity index (χ0v) is 10.3. The molecular formula is C14H14FNO3. The number of nitrogens with zero attached hydrogens (tertiary/aromatic N) is 1. The zero-order valence-electron chi connectivity index (χ0n) is 10.3. The number of benzene rings is 1. The van der Waals surface area contributed by atoms with E-state index < -0.39 is 18.4 Å². The van der Waals surface area contributed by atoms with Gasteiger partial charge in [-0.05, 0) is 23.8 Å². The van der Waals surface area contributed by atoms with E-state index in [0.29, 0.717) is 5.56 Å². The third kappa shape index (κ3) is 5.16. The zero-order chi connectivity index (χ0) is 14.3. The second-order valence-corrected chi connectivity index (χ2v) is 3.79. The van der Waals surface area contributed by atoms with E-state index in [1.54, 1.807) is 0 Å². The molecule has 0 aliphatic heterocycles. The summed E-state index contributed by atoms with van der Waals surface area (Å²) in [7, 11) is 0. The van der Waals surface area contributed by atoms with Crippen LogP contribution in [0.2, 0.25) is 0 Å². The molecule has 5 heteroatoms. The molecule has 0 bridgehead atoms. The normalized spacial score (nSPS) is 10.4. The Bertz CT molecular complexity index is 494. The molecule has 0 aliphatic carbocycles. The smallest absolute Gasteiger partial charge is 0.323 e. The highest BCUT2D eigenvalue weighted by Crippen LogP contribution is 2.05. The van der Waals surface area contributed by atoms with Crippen molar-refractivity contribution >= 4 is 18.0 Å². The summed E-state index contributed by atoms with van der Waals surface area (Å²) in [6.07, 6.45) is 4.20. The number of hydrogen-bond acceptors (Lipinski definition) is 2. The Balaban J connectivity index is 2.72. The monoisotopic (exact) mass is 263 g/mol. The first kappa shape index (κ1) is 14.6. The molecule has 1 aromatic carbocycles. The Morgan fingerprint density at radius 3 is 2.47 bits per heavy atom. The molecule has 0 spiro atoms. The summed E-state index contributed by atoms with van der Waals surface area (Å²) in [6.45, 7) is 3.23. The van der Waals surface area contributed by atoms with Crippen LogP contribution in [-0.4, -0.2) is 35.0 Å². The van der Waals surface area contributed by atoms with Crippen molar-refractivity contribution in [2.24, 2.45) is 0 Å². The maximum Gasteiger partial charge on any atom is 0.323 e. The van der Waals surface area contributed by atoms with Crippen LogP contribution in [0.4, 0.5) is 4.39 Å². The molecule has 1 rings (SSSR count). The van der Waals surface area contributed by atoms with Gasteiger partial charge in [0.25, 0.3) is 0 Å². The summed E-state index contributed by atoms with van der Waals surface area (Å²) in [5.74, 6) is -1.89. The largest absolute Gasteiger partial charge is 0.480 e. The van der Waals surface area contributed by atoms with E-state index in [1.165, 1.54) is 42.5 Å². The average Bonchev–Trinajstić information content (AvgIpc) is 2.37. The number of aliphatic carboxylic acids is 1. The van der Waals surface area contributed by atoms with Gasteiger partial charge < -0.3 is 10.0 Å². The second-order valence-electron chi connectivity index (χ2n) is 3.79. The fourth-order valence-corrected chi connectivity index (χ4v) is 1.40. The lowest BCUT2D eigenvalue weighted by atomic mass is 10.2. The molecule has 0 aliphatic rings. The van der Waals surface area contributed by atoms with Crippen LogP contribution in [0.15, 0.2) is 43.0 Å². The molecule has 0 heterocycles. The first-order valence-electron chi connectivity index (χ1n) is 5.58. The molecule has 0 radical (unpaired) electrons. The Kier molecular flexibility index (Phi) is 5.47. The molecule has 0 fully saturated rings. The highest BCUT2D eigenvalue weighted by atomic mass is 19.1. The van der Waals surface area contributed by atoms with Gasteiger partial charge >= 0.3 is 5.97 Å². The van der Waals surface area contributed by atoms with Crippen molar-refractivity contribution in [3.8, 4) is 0 Å².